The first-order valence-electron chi connectivity index (χ1n) is 8.68. The number of rotatable bonds is 6. The second-order valence-electron chi connectivity index (χ2n) is 6.37. The summed E-state index contributed by atoms with van der Waals surface area (Å²) in [6.07, 6.45) is 2.20. The van der Waals surface area contributed by atoms with Crippen molar-refractivity contribution in [2.45, 2.75) is 12.5 Å². The Morgan fingerprint density at radius 1 is 1.27 bits per heavy atom. The summed E-state index contributed by atoms with van der Waals surface area (Å²) >= 11 is 0. The molecule has 1 amide bonds. The Hall–Kier alpha value is -2.93. The summed E-state index contributed by atoms with van der Waals surface area (Å²) in [5.41, 5.74) is 2.69. The second-order valence-corrected chi connectivity index (χ2v) is 6.37. The smallest absolute Gasteiger partial charge is 0.224 e. The third-order valence-corrected chi connectivity index (χ3v) is 4.56. The minimum atomic E-state index is 0.0396. The van der Waals surface area contributed by atoms with Crippen molar-refractivity contribution in [1.29, 1.82) is 0 Å². The van der Waals surface area contributed by atoms with Crippen LogP contribution in [-0.2, 0) is 9.53 Å². The van der Waals surface area contributed by atoms with Crippen molar-refractivity contribution in [3.05, 3.63) is 48.7 Å². The molecule has 1 N–H and O–H groups in total. The number of carbonyl (C=O) groups excluding carboxylic acids is 1. The lowest BCUT2D eigenvalue weighted by molar-refractivity contribution is -0.128. The zero-order valence-corrected chi connectivity index (χ0v) is 14.6. The van der Waals surface area contributed by atoms with Crippen molar-refractivity contribution < 1.29 is 9.53 Å². The monoisotopic (exact) mass is 351 g/mol. The first kappa shape index (κ1) is 16.5. The summed E-state index contributed by atoms with van der Waals surface area (Å²) in [4.78, 5) is 18.7. The number of carbonyl (C=O) groups is 1. The van der Waals surface area contributed by atoms with Crippen molar-refractivity contribution in [3.8, 4) is 11.3 Å². The average molecular weight is 351 g/mol. The van der Waals surface area contributed by atoms with Gasteiger partial charge in [0.25, 0.3) is 0 Å². The van der Waals surface area contributed by atoms with Gasteiger partial charge in [0.1, 0.15) is 5.82 Å². The molecular weight excluding hydrogens is 330 g/mol. The van der Waals surface area contributed by atoms with E-state index in [4.69, 9.17) is 4.74 Å². The Morgan fingerprint density at radius 3 is 2.92 bits per heavy atom. The van der Waals surface area contributed by atoms with Gasteiger partial charge in [-0.15, -0.1) is 0 Å². The molecule has 0 bridgehead atoms. The summed E-state index contributed by atoms with van der Waals surface area (Å²) in [6, 6.07) is 13.9. The fourth-order valence-corrected chi connectivity index (χ4v) is 3.27. The van der Waals surface area contributed by atoms with E-state index in [0.29, 0.717) is 26.1 Å². The number of likely N-dealkylation sites (tertiary alicyclic amines) is 1. The SMILES string of the molecule is COCCN1C[C@@H](Nc2cc(-c3ccccc3)nc3ccnn23)CC1=O. The number of nitrogens with zero attached hydrogens (tertiary/aromatic N) is 4. The van der Waals surface area contributed by atoms with Gasteiger partial charge in [0.2, 0.25) is 5.91 Å². The Morgan fingerprint density at radius 2 is 2.12 bits per heavy atom. The fraction of sp³-hybridized carbons (Fsp3) is 0.316. The average Bonchev–Trinajstić information content (AvgIpc) is 3.27. The molecule has 4 rings (SSSR count). The summed E-state index contributed by atoms with van der Waals surface area (Å²) in [7, 11) is 1.65. The van der Waals surface area contributed by atoms with Crippen molar-refractivity contribution in [1.82, 2.24) is 19.5 Å². The Labute approximate surface area is 151 Å². The molecule has 134 valence electrons. The maximum absolute atomic E-state index is 12.2. The predicted octanol–water partition coefficient (Wildman–Crippen LogP) is 2.06. The molecule has 3 heterocycles. The third-order valence-electron chi connectivity index (χ3n) is 4.56. The van der Waals surface area contributed by atoms with Crippen LogP contribution in [0.25, 0.3) is 16.9 Å². The van der Waals surface area contributed by atoms with E-state index in [-0.39, 0.29) is 11.9 Å². The van der Waals surface area contributed by atoms with E-state index < -0.39 is 0 Å². The van der Waals surface area contributed by atoms with Crippen LogP contribution in [0.15, 0.2) is 48.7 Å². The number of nitrogens with one attached hydrogen (secondary N) is 1. The van der Waals surface area contributed by atoms with Crippen molar-refractivity contribution >= 4 is 17.4 Å². The number of hydrogen-bond donors (Lipinski definition) is 1. The molecule has 0 aliphatic carbocycles. The van der Waals surface area contributed by atoms with Gasteiger partial charge in [-0.05, 0) is 0 Å². The highest BCUT2D eigenvalue weighted by atomic mass is 16.5. The van der Waals surface area contributed by atoms with E-state index >= 15 is 0 Å². The van der Waals surface area contributed by atoms with Crippen LogP contribution in [0, 0.1) is 0 Å². The first-order valence-corrected chi connectivity index (χ1v) is 8.68. The quantitative estimate of drug-likeness (QED) is 0.736. The van der Waals surface area contributed by atoms with Crippen LogP contribution in [-0.4, -0.2) is 58.3 Å². The molecule has 1 saturated heterocycles. The molecule has 1 aromatic carbocycles. The minimum Gasteiger partial charge on any atom is -0.383 e. The summed E-state index contributed by atoms with van der Waals surface area (Å²) < 4.78 is 6.85. The fourth-order valence-electron chi connectivity index (χ4n) is 3.27. The molecule has 0 saturated carbocycles. The zero-order chi connectivity index (χ0) is 17.9. The molecule has 1 atom stereocenters. The molecule has 1 aliphatic rings. The van der Waals surface area contributed by atoms with Gasteiger partial charge < -0.3 is 15.0 Å². The van der Waals surface area contributed by atoms with Crippen molar-refractivity contribution in [2.75, 3.05) is 32.1 Å². The number of ether oxygens (including phenoxy) is 1. The van der Waals surface area contributed by atoms with Crippen LogP contribution in [0.2, 0.25) is 0 Å². The van der Waals surface area contributed by atoms with Crippen LogP contribution in [0.4, 0.5) is 5.82 Å². The van der Waals surface area contributed by atoms with Crippen LogP contribution in [0.1, 0.15) is 6.42 Å². The number of hydrogen-bond acceptors (Lipinski definition) is 5. The van der Waals surface area contributed by atoms with Gasteiger partial charge >= 0.3 is 0 Å². The van der Waals surface area contributed by atoms with Gasteiger partial charge in [-0.1, -0.05) is 30.3 Å². The Kier molecular flexibility index (Phi) is 4.53. The van der Waals surface area contributed by atoms with E-state index in [0.717, 1.165) is 22.7 Å². The lowest BCUT2D eigenvalue weighted by atomic mass is 10.1. The van der Waals surface area contributed by atoms with E-state index in [1.807, 2.05) is 47.4 Å². The zero-order valence-electron chi connectivity index (χ0n) is 14.6. The molecule has 0 unspecified atom stereocenters. The van der Waals surface area contributed by atoms with E-state index in [1.54, 1.807) is 17.8 Å². The topological polar surface area (TPSA) is 71.8 Å². The molecule has 0 spiro atoms. The van der Waals surface area contributed by atoms with Crippen molar-refractivity contribution in [2.24, 2.45) is 0 Å². The Balaban J connectivity index is 1.60. The predicted molar refractivity (Wildman–Crippen MR) is 98.9 cm³/mol. The number of benzene rings is 1. The molecule has 1 fully saturated rings. The molecule has 0 radical (unpaired) electrons. The molecule has 7 nitrogen and oxygen atoms in total. The number of amides is 1. The highest BCUT2D eigenvalue weighted by Crippen LogP contribution is 2.24. The molecule has 7 heteroatoms. The molecular formula is C19H21N5O2. The van der Waals surface area contributed by atoms with E-state index in [2.05, 4.69) is 15.4 Å². The molecule has 1 aliphatic heterocycles. The highest BCUT2D eigenvalue weighted by Gasteiger charge is 2.29. The number of anilines is 1. The van der Waals surface area contributed by atoms with Gasteiger partial charge in [-0.3, -0.25) is 4.79 Å². The molecule has 2 aromatic heterocycles. The maximum atomic E-state index is 12.2. The largest absolute Gasteiger partial charge is 0.383 e. The van der Waals surface area contributed by atoms with Crippen LogP contribution < -0.4 is 5.32 Å². The first-order chi connectivity index (χ1) is 12.7. The second kappa shape index (κ2) is 7.13. The summed E-state index contributed by atoms with van der Waals surface area (Å²) in [5, 5.41) is 7.83. The van der Waals surface area contributed by atoms with Crippen LogP contribution >= 0.6 is 0 Å². The lowest BCUT2D eigenvalue weighted by Gasteiger charge is -2.18. The van der Waals surface area contributed by atoms with E-state index in [9.17, 15) is 4.79 Å². The Bertz CT molecular complexity index is 909. The number of aromatic nitrogens is 3. The van der Waals surface area contributed by atoms with Gasteiger partial charge in [0.15, 0.2) is 5.65 Å². The summed E-state index contributed by atoms with van der Waals surface area (Å²) in [5.74, 6) is 0.985. The van der Waals surface area contributed by atoms with Crippen LogP contribution in [0.5, 0.6) is 0 Å². The van der Waals surface area contributed by atoms with Gasteiger partial charge in [-0.2, -0.15) is 9.61 Å². The maximum Gasteiger partial charge on any atom is 0.224 e. The van der Waals surface area contributed by atoms with Crippen molar-refractivity contribution in [3.63, 3.8) is 0 Å². The minimum absolute atomic E-state index is 0.0396. The highest BCUT2D eigenvalue weighted by molar-refractivity contribution is 5.80. The standard InChI is InChI=1S/C19H21N5O2/c1-26-10-9-23-13-15(11-19(23)25)21-18-12-16(14-5-3-2-4-6-14)22-17-7-8-20-24(17)18/h2-8,12,15,21H,9-11,13H2,1H3/t15-/m0/s1. The van der Waals surface area contributed by atoms with E-state index in [1.165, 1.54) is 0 Å². The van der Waals surface area contributed by atoms with Gasteiger partial charge in [-0.25, -0.2) is 4.98 Å². The molecule has 26 heavy (non-hydrogen) atoms. The number of fused-ring (bicyclic) bond motifs is 1. The normalized spacial score (nSPS) is 17.2. The van der Waals surface area contributed by atoms with Crippen LogP contribution in [0.3, 0.4) is 0 Å². The molecule has 3 aromatic rings. The van der Waals surface area contributed by atoms with Gasteiger partial charge in [0, 0.05) is 44.3 Å². The summed E-state index contributed by atoms with van der Waals surface area (Å²) in [6.45, 7) is 1.83. The van der Waals surface area contributed by atoms with Gasteiger partial charge in [0.05, 0.1) is 24.5 Å². The third kappa shape index (κ3) is 3.25. The lowest BCUT2D eigenvalue weighted by Crippen LogP contribution is -2.31. The number of methoxy groups -OCH3 is 1.